The molecule has 1 fully saturated rings. The molecule has 1 saturated carbocycles. The molecule has 3 rings (SSSR count). The topological polar surface area (TPSA) is 65.5 Å². The fourth-order valence-corrected chi connectivity index (χ4v) is 2.83. The molecule has 1 aromatic rings. The Morgan fingerprint density at radius 1 is 1.40 bits per heavy atom. The number of nitrogens with one attached hydrogen (secondary N) is 3. The number of amides is 1. The van der Waals surface area contributed by atoms with E-state index in [0.717, 1.165) is 34.6 Å². The number of rotatable bonds is 6. The fraction of sp³-hybridized carbons (Fsp3) is 0.200. The molecule has 128 valence electrons. The summed E-state index contributed by atoms with van der Waals surface area (Å²) in [5.41, 5.74) is 10.7. The number of anilines is 1. The van der Waals surface area contributed by atoms with E-state index >= 15 is 0 Å². The molecule has 5 nitrogen and oxygen atoms in total. The van der Waals surface area contributed by atoms with Gasteiger partial charge in [0.05, 0.1) is 5.70 Å². The van der Waals surface area contributed by atoms with Crippen LogP contribution in [0.4, 0.5) is 5.69 Å². The summed E-state index contributed by atoms with van der Waals surface area (Å²) < 4.78 is 0. The van der Waals surface area contributed by atoms with Crippen LogP contribution in [0, 0.1) is 18.8 Å². The number of hydrogen-bond donors (Lipinski definition) is 3. The van der Waals surface area contributed by atoms with E-state index in [2.05, 4.69) is 34.3 Å². The third-order valence-corrected chi connectivity index (χ3v) is 4.35. The van der Waals surface area contributed by atoms with Crippen molar-refractivity contribution in [1.82, 2.24) is 10.9 Å². The lowest BCUT2D eigenvalue weighted by atomic mass is 10.0. The minimum Gasteiger partial charge on any atom is -0.326 e. The first-order valence-corrected chi connectivity index (χ1v) is 8.24. The van der Waals surface area contributed by atoms with Crippen molar-refractivity contribution in [3.63, 3.8) is 0 Å². The van der Waals surface area contributed by atoms with Gasteiger partial charge in [-0.25, -0.2) is 0 Å². The molecule has 2 atom stereocenters. The summed E-state index contributed by atoms with van der Waals surface area (Å²) >= 11 is 0. The molecular formula is C20H22N4O. The smallest absolute Gasteiger partial charge is 0.228 e. The van der Waals surface area contributed by atoms with Gasteiger partial charge in [-0.1, -0.05) is 25.3 Å². The van der Waals surface area contributed by atoms with Gasteiger partial charge in [0.1, 0.15) is 0 Å². The Morgan fingerprint density at radius 3 is 2.96 bits per heavy atom. The Kier molecular flexibility index (Phi) is 4.84. The lowest BCUT2D eigenvalue weighted by molar-refractivity contribution is -0.117. The lowest BCUT2D eigenvalue weighted by Gasteiger charge is -2.17. The number of nitrogens with zero attached hydrogens (tertiary/aromatic N) is 1. The first-order chi connectivity index (χ1) is 12.1. The summed E-state index contributed by atoms with van der Waals surface area (Å²) in [6.07, 6.45) is 9.74. The molecule has 1 aliphatic heterocycles. The first kappa shape index (κ1) is 16.8. The zero-order valence-electron chi connectivity index (χ0n) is 14.3. The Labute approximate surface area is 147 Å². The predicted octanol–water partition coefficient (Wildman–Crippen LogP) is 3.30. The molecule has 0 bridgehead atoms. The van der Waals surface area contributed by atoms with Crippen molar-refractivity contribution in [3.8, 4) is 0 Å². The predicted molar refractivity (Wildman–Crippen MR) is 103 cm³/mol. The Morgan fingerprint density at radius 2 is 2.24 bits per heavy atom. The first-order valence-electron chi connectivity index (χ1n) is 8.24. The Balaban J connectivity index is 1.68. The van der Waals surface area contributed by atoms with Crippen molar-refractivity contribution in [2.45, 2.75) is 13.3 Å². The average molecular weight is 334 g/mol. The number of benzene rings is 1. The molecule has 1 aliphatic carbocycles. The third-order valence-electron chi connectivity index (χ3n) is 4.35. The summed E-state index contributed by atoms with van der Waals surface area (Å²) in [6.45, 7) is 9.56. The molecule has 0 unspecified atom stereocenters. The molecule has 1 aromatic carbocycles. The molecule has 1 heterocycles. The van der Waals surface area contributed by atoms with Gasteiger partial charge < -0.3 is 16.2 Å². The largest absolute Gasteiger partial charge is 0.326 e. The van der Waals surface area contributed by atoms with Gasteiger partial charge in [-0.15, -0.1) is 0 Å². The highest BCUT2D eigenvalue weighted by molar-refractivity contribution is 5.95. The van der Waals surface area contributed by atoms with E-state index in [9.17, 15) is 4.79 Å². The minimum atomic E-state index is -0.0594. The van der Waals surface area contributed by atoms with E-state index < -0.39 is 0 Å². The quantitative estimate of drug-likeness (QED) is 0.699. The van der Waals surface area contributed by atoms with Crippen LogP contribution in [-0.2, 0) is 4.79 Å². The SMILES string of the molecule is C=CC=NC(=C)[C@H]1C[C@H]1C(=O)Nc1ccc(C)c(C2=CC=CNN2)c1. The second kappa shape index (κ2) is 7.21. The van der Waals surface area contributed by atoms with Gasteiger partial charge in [-0.05, 0) is 43.2 Å². The molecular weight excluding hydrogens is 312 g/mol. The van der Waals surface area contributed by atoms with Crippen LogP contribution in [-0.4, -0.2) is 12.1 Å². The Hall–Kier alpha value is -3.08. The van der Waals surface area contributed by atoms with Gasteiger partial charge in [0.15, 0.2) is 0 Å². The van der Waals surface area contributed by atoms with Crippen LogP contribution in [0.2, 0.25) is 0 Å². The number of hydrogen-bond acceptors (Lipinski definition) is 4. The highest BCUT2D eigenvalue weighted by atomic mass is 16.2. The van der Waals surface area contributed by atoms with Crippen molar-refractivity contribution in [2.24, 2.45) is 16.8 Å². The van der Waals surface area contributed by atoms with Crippen molar-refractivity contribution >= 4 is 23.5 Å². The van der Waals surface area contributed by atoms with E-state index in [0.29, 0.717) is 0 Å². The molecule has 0 radical (unpaired) electrons. The van der Waals surface area contributed by atoms with E-state index in [-0.39, 0.29) is 17.7 Å². The Bertz CT molecular complexity index is 804. The van der Waals surface area contributed by atoms with Crippen LogP contribution >= 0.6 is 0 Å². The minimum absolute atomic E-state index is 0.0124. The van der Waals surface area contributed by atoms with Crippen LogP contribution in [0.3, 0.4) is 0 Å². The number of carbonyl (C=O) groups excluding carboxylic acids is 1. The van der Waals surface area contributed by atoms with Gasteiger partial charge >= 0.3 is 0 Å². The molecule has 1 amide bonds. The van der Waals surface area contributed by atoms with E-state index in [1.807, 2.05) is 43.5 Å². The maximum atomic E-state index is 12.5. The number of aliphatic imine (C=N–C) groups is 1. The number of carbonyl (C=O) groups is 1. The lowest BCUT2D eigenvalue weighted by Crippen LogP contribution is -2.27. The molecule has 0 spiro atoms. The molecule has 0 saturated heterocycles. The molecule has 25 heavy (non-hydrogen) atoms. The highest BCUT2D eigenvalue weighted by Gasteiger charge is 2.44. The molecule has 5 heteroatoms. The monoisotopic (exact) mass is 334 g/mol. The van der Waals surface area contributed by atoms with Crippen LogP contribution in [0.25, 0.3) is 5.70 Å². The van der Waals surface area contributed by atoms with E-state index in [1.54, 1.807) is 12.3 Å². The summed E-state index contributed by atoms with van der Waals surface area (Å²) in [7, 11) is 0. The van der Waals surface area contributed by atoms with Crippen molar-refractivity contribution in [2.75, 3.05) is 5.32 Å². The van der Waals surface area contributed by atoms with Gasteiger partial charge in [0, 0.05) is 41.2 Å². The highest BCUT2D eigenvalue weighted by Crippen LogP contribution is 2.44. The van der Waals surface area contributed by atoms with Gasteiger partial charge in [-0.3, -0.25) is 9.79 Å². The van der Waals surface area contributed by atoms with Crippen LogP contribution in [0.15, 0.2) is 66.5 Å². The number of aryl methyl sites for hydroxylation is 1. The summed E-state index contributed by atoms with van der Waals surface area (Å²) in [5, 5.41) is 3.01. The van der Waals surface area contributed by atoms with Crippen LogP contribution in [0.5, 0.6) is 0 Å². The van der Waals surface area contributed by atoms with E-state index in [4.69, 9.17) is 0 Å². The summed E-state index contributed by atoms with van der Waals surface area (Å²) in [6, 6.07) is 5.91. The maximum absolute atomic E-state index is 12.5. The summed E-state index contributed by atoms with van der Waals surface area (Å²) in [5.74, 6) is 0.0763. The van der Waals surface area contributed by atoms with Crippen molar-refractivity contribution < 1.29 is 4.79 Å². The molecule has 0 aromatic heterocycles. The van der Waals surface area contributed by atoms with Crippen molar-refractivity contribution in [1.29, 1.82) is 0 Å². The van der Waals surface area contributed by atoms with Crippen LogP contribution < -0.4 is 16.2 Å². The van der Waals surface area contributed by atoms with Gasteiger partial charge in [0.25, 0.3) is 0 Å². The van der Waals surface area contributed by atoms with Gasteiger partial charge in [0.2, 0.25) is 5.91 Å². The standard InChI is InChI=1S/C20H22N4O/c1-4-9-21-14(3)17-12-18(17)20(25)23-15-8-7-13(2)16(11-15)19-6-5-10-22-24-19/h4-11,17-18,22,24H,1,3,12H2,2H3,(H,23,25)/t17-,18-/m1/s1. The van der Waals surface area contributed by atoms with E-state index in [1.165, 1.54) is 0 Å². The summed E-state index contributed by atoms with van der Waals surface area (Å²) in [4.78, 5) is 16.6. The maximum Gasteiger partial charge on any atom is 0.228 e. The second-order valence-corrected chi connectivity index (χ2v) is 6.18. The normalized spacial score (nSPS) is 21.1. The third kappa shape index (κ3) is 3.88. The van der Waals surface area contributed by atoms with Crippen molar-refractivity contribution in [3.05, 3.63) is 72.6 Å². The molecule has 2 aliphatic rings. The number of allylic oxidation sites excluding steroid dienone is 4. The second-order valence-electron chi connectivity index (χ2n) is 6.18. The fourth-order valence-electron chi connectivity index (χ4n) is 2.83. The zero-order valence-corrected chi connectivity index (χ0v) is 14.3. The molecule has 3 N–H and O–H groups in total. The zero-order chi connectivity index (χ0) is 17.8. The van der Waals surface area contributed by atoms with Crippen LogP contribution in [0.1, 0.15) is 17.5 Å². The average Bonchev–Trinajstić information content (AvgIpc) is 3.43. The van der Waals surface area contributed by atoms with Gasteiger partial charge in [-0.2, -0.15) is 0 Å². The number of hydrazine groups is 1.